The molecule has 0 heterocycles. The summed E-state index contributed by atoms with van der Waals surface area (Å²) in [6.45, 7) is 5.13. The molecular weight excluding hydrogens is 306 g/mol. The van der Waals surface area contributed by atoms with E-state index < -0.39 is 0 Å². The van der Waals surface area contributed by atoms with Gasteiger partial charge in [-0.15, -0.1) is 0 Å². The van der Waals surface area contributed by atoms with Gasteiger partial charge in [-0.3, -0.25) is 0 Å². The lowest BCUT2D eigenvalue weighted by Crippen LogP contribution is -2.53. The predicted octanol–water partition coefficient (Wildman–Crippen LogP) is 5.61. The molecule has 124 valence electrons. The van der Waals surface area contributed by atoms with Crippen LogP contribution in [0.3, 0.4) is 0 Å². The Bertz CT molecular complexity index is 490. The number of nitrogens with zero attached hydrogens (tertiary/aromatic N) is 1. The molecule has 22 heavy (non-hydrogen) atoms. The summed E-state index contributed by atoms with van der Waals surface area (Å²) >= 11 is 9.09. The monoisotopic (exact) mass is 337 g/mol. The quantitative estimate of drug-likeness (QED) is 0.533. The molecule has 0 N–H and O–H groups in total. The number of fused-ring (bicyclic) bond motifs is 5. The summed E-state index contributed by atoms with van der Waals surface area (Å²) in [7, 11) is 0. The van der Waals surface area contributed by atoms with Gasteiger partial charge in [-0.1, -0.05) is 13.8 Å². The van der Waals surface area contributed by atoms with Crippen LogP contribution >= 0.6 is 25.4 Å². The van der Waals surface area contributed by atoms with Gasteiger partial charge in [0.15, 0.2) is 0 Å². The molecule has 4 aliphatic carbocycles. The molecule has 0 spiro atoms. The van der Waals surface area contributed by atoms with Gasteiger partial charge in [-0.05, 0) is 99.7 Å². The highest BCUT2D eigenvalue weighted by Crippen LogP contribution is 2.65. The molecule has 4 saturated carbocycles. The van der Waals surface area contributed by atoms with Crippen molar-refractivity contribution < 1.29 is 0 Å². The van der Waals surface area contributed by atoms with Crippen LogP contribution in [0.2, 0.25) is 0 Å². The highest BCUT2D eigenvalue weighted by molar-refractivity contribution is 7.80. The van der Waals surface area contributed by atoms with Crippen molar-refractivity contribution in [2.75, 3.05) is 0 Å². The van der Waals surface area contributed by atoms with Crippen LogP contribution in [0, 0.1) is 34.5 Å². The van der Waals surface area contributed by atoms with Crippen LogP contribution in [0.5, 0.6) is 0 Å². The van der Waals surface area contributed by atoms with Crippen molar-refractivity contribution in [3.05, 3.63) is 0 Å². The fourth-order valence-electron chi connectivity index (χ4n) is 7.19. The molecule has 1 nitrogen and oxygen atoms in total. The second-order valence-corrected chi connectivity index (χ2v) is 10.1. The van der Waals surface area contributed by atoms with Gasteiger partial charge < -0.3 is 0 Å². The van der Waals surface area contributed by atoms with Gasteiger partial charge in [0.2, 0.25) is 0 Å². The highest BCUT2D eigenvalue weighted by atomic mass is 32.1. The average molecular weight is 338 g/mol. The third kappa shape index (κ3) is 2.10. The van der Waals surface area contributed by atoms with E-state index in [1.165, 1.54) is 63.5 Å². The standard InChI is InChI=1S/C19H31NS2/c1-18-9-7-13(21)11-12(18)3-4-14-15-5-6-17(20-22)19(15,2)10-8-16(14)18/h12-16,21-22H,3-11H2,1-2H3/b20-17+/t12-,13+,14-,15-,16-,18-,19-/m0/s1. The van der Waals surface area contributed by atoms with Crippen LogP contribution in [-0.2, 0) is 0 Å². The lowest BCUT2D eigenvalue weighted by molar-refractivity contribution is -0.0924. The van der Waals surface area contributed by atoms with E-state index in [0.29, 0.717) is 16.1 Å². The molecular formula is C19H31NS2. The molecule has 0 aromatic rings. The Hall–Kier alpha value is 0.370. The Labute approximate surface area is 147 Å². The molecule has 4 rings (SSSR count). The van der Waals surface area contributed by atoms with Gasteiger partial charge in [0, 0.05) is 16.4 Å². The molecule has 0 amide bonds. The molecule has 4 fully saturated rings. The van der Waals surface area contributed by atoms with Crippen molar-refractivity contribution in [3.8, 4) is 0 Å². The summed E-state index contributed by atoms with van der Waals surface area (Å²) in [6.07, 6.45) is 12.4. The molecule has 7 atom stereocenters. The zero-order valence-corrected chi connectivity index (χ0v) is 15.9. The van der Waals surface area contributed by atoms with E-state index in [9.17, 15) is 0 Å². The number of hydrogen-bond acceptors (Lipinski definition) is 3. The fraction of sp³-hybridized carbons (Fsp3) is 0.947. The van der Waals surface area contributed by atoms with Gasteiger partial charge in [0.25, 0.3) is 0 Å². The maximum atomic E-state index is 4.81. The van der Waals surface area contributed by atoms with Crippen molar-refractivity contribution in [1.29, 1.82) is 0 Å². The van der Waals surface area contributed by atoms with Crippen LogP contribution in [0.1, 0.15) is 71.6 Å². The molecule has 0 saturated heterocycles. The van der Waals surface area contributed by atoms with Crippen molar-refractivity contribution in [3.63, 3.8) is 0 Å². The summed E-state index contributed by atoms with van der Waals surface area (Å²) < 4.78 is 4.39. The summed E-state index contributed by atoms with van der Waals surface area (Å²) in [5, 5.41) is 0.665. The molecule has 0 radical (unpaired) electrons. The fourth-order valence-corrected chi connectivity index (χ4v) is 7.90. The SMILES string of the molecule is C[C@]12CC[C@@H](S)C[C@@H]1CC[C@@H]1[C@@H]2CC[C@]2(C)/C(=N/S)CC[C@@H]12. The minimum absolute atomic E-state index is 0.368. The first kappa shape index (κ1) is 15.9. The lowest BCUT2D eigenvalue weighted by atomic mass is 9.45. The van der Waals surface area contributed by atoms with E-state index in [1.807, 2.05) is 0 Å². The largest absolute Gasteiger partial charge is 0.228 e. The smallest absolute Gasteiger partial charge is 0.0321 e. The van der Waals surface area contributed by atoms with E-state index in [2.05, 4.69) is 31.1 Å². The van der Waals surface area contributed by atoms with E-state index in [1.54, 1.807) is 0 Å². The third-order valence-electron chi connectivity index (χ3n) is 8.50. The molecule has 0 aromatic heterocycles. The maximum absolute atomic E-state index is 4.81. The molecule has 0 unspecified atom stereocenters. The third-order valence-corrected chi connectivity index (χ3v) is 9.21. The second-order valence-electron chi connectivity index (χ2n) is 9.13. The second kappa shape index (κ2) is 5.44. The van der Waals surface area contributed by atoms with Crippen molar-refractivity contribution in [1.82, 2.24) is 0 Å². The van der Waals surface area contributed by atoms with Crippen molar-refractivity contribution >= 4 is 31.2 Å². The van der Waals surface area contributed by atoms with Crippen LogP contribution in [0.25, 0.3) is 0 Å². The van der Waals surface area contributed by atoms with Gasteiger partial charge in [-0.2, -0.15) is 12.6 Å². The van der Waals surface area contributed by atoms with Crippen LogP contribution in [0.4, 0.5) is 0 Å². The Morgan fingerprint density at radius 1 is 1.00 bits per heavy atom. The Balaban J connectivity index is 1.63. The summed E-state index contributed by atoms with van der Waals surface area (Å²) in [4.78, 5) is 0. The average Bonchev–Trinajstić information content (AvgIpc) is 2.84. The zero-order chi connectivity index (χ0) is 15.5. The van der Waals surface area contributed by atoms with E-state index in [-0.39, 0.29) is 0 Å². The minimum atomic E-state index is 0.368. The molecule has 0 aliphatic heterocycles. The lowest BCUT2D eigenvalue weighted by Gasteiger charge is -2.60. The predicted molar refractivity (Wildman–Crippen MR) is 101 cm³/mol. The Kier molecular flexibility index (Phi) is 3.93. The molecule has 3 heteroatoms. The number of hydrogen-bond donors (Lipinski definition) is 2. The molecule has 4 aliphatic rings. The van der Waals surface area contributed by atoms with Gasteiger partial charge in [0.05, 0.1) is 0 Å². The zero-order valence-electron chi connectivity index (χ0n) is 14.1. The first-order valence-corrected chi connectivity index (χ1v) is 10.3. The number of thiol groups is 2. The summed E-state index contributed by atoms with van der Waals surface area (Å²) in [5.74, 6) is 3.73. The Morgan fingerprint density at radius 3 is 2.59 bits per heavy atom. The van der Waals surface area contributed by atoms with E-state index in [0.717, 1.165) is 23.7 Å². The molecule has 0 aromatic carbocycles. The number of rotatable bonds is 0. The first-order valence-electron chi connectivity index (χ1n) is 9.38. The van der Waals surface area contributed by atoms with Crippen LogP contribution < -0.4 is 0 Å². The van der Waals surface area contributed by atoms with Gasteiger partial charge >= 0.3 is 0 Å². The molecule has 0 bridgehead atoms. The van der Waals surface area contributed by atoms with E-state index in [4.69, 9.17) is 12.6 Å². The topological polar surface area (TPSA) is 12.4 Å². The first-order chi connectivity index (χ1) is 10.5. The van der Waals surface area contributed by atoms with Gasteiger partial charge in [0.1, 0.15) is 0 Å². The van der Waals surface area contributed by atoms with Crippen molar-refractivity contribution in [2.45, 2.75) is 76.9 Å². The van der Waals surface area contributed by atoms with Crippen molar-refractivity contribution in [2.24, 2.45) is 38.9 Å². The van der Waals surface area contributed by atoms with Crippen LogP contribution in [0.15, 0.2) is 4.40 Å². The summed E-state index contributed by atoms with van der Waals surface area (Å²) in [5.41, 5.74) is 2.38. The van der Waals surface area contributed by atoms with Gasteiger partial charge in [-0.25, -0.2) is 4.40 Å². The minimum Gasteiger partial charge on any atom is -0.228 e. The van der Waals surface area contributed by atoms with Crippen LogP contribution in [-0.4, -0.2) is 11.0 Å². The normalized spacial score (nSPS) is 56.4. The Morgan fingerprint density at radius 2 is 1.82 bits per heavy atom. The summed E-state index contributed by atoms with van der Waals surface area (Å²) in [6, 6.07) is 0. The highest BCUT2D eigenvalue weighted by Gasteiger charge is 2.59. The maximum Gasteiger partial charge on any atom is 0.0321 e. The van der Waals surface area contributed by atoms with E-state index >= 15 is 0 Å².